The summed E-state index contributed by atoms with van der Waals surface area (Å²) in [5, 5.41) is 6.07. The number of rotatable bonds is 4. The van der Waals surface area contributed by atoms with Crippen molar-refractivity contribution in [2.75, 3.05) is 45.9 Å². The van der Waals surface area contributed by atoms with Crippen LogP contribution in [-0.2, 0) is 14.3 Å². The highest BCUT2D eigenvalue weighted by Crippen LogP contribution is 2.24. The minimum atomic E-state index is -0.317. The lowest BCUT2D eigenvalue weighted by Crippen LogP contribution is -2.44. The van der Waals surface area contributed by atoms with Gasteiger partial charge in [0.05, 0.1) is 18.6 Å². The predicted octanol–water partition coefficient (Wildman–Crippen LogP) is -0.227. The van der Waals surface area contributed by atoms with Crippen LogP contribution in [0.4, 0.5) is 0 Å². The number of hydrogen-bond acceptors (Lipinski definition) is 4. The maximum Gasteiger partial charge on any atom is 0.227 e. The minimum Gasteiger partial charge on any atom is -0.378 e. The van der Waals surface area contributed by atoms with Gasteiger partial charge in [-0.2, -0.15) is 0 Å². The molecule has 0 radical (unpaired) electrons. The highest BCUT2D eigenvalue weighted by Gasteiger charge is 2.35. The van der Waals surface area contributed by atoms with E-state index in [9.17, 15) is 9.59 Å². The summed E-state index contributed by atoms with van der Waals surface area (Å²) in [6.45, 7) is 6.54. The fourth-order valence-electron chi connectivity index (χ4n) is 2.48. The molecular weight excluding hydrogens is 282 g/mol. The van der Waals surface area contributed by atoms with Crippen molar-refractivity contribution in [3.05, 3.63) is 0 Å². The third kappa shape index (κ3) is 4.33. The van der Waals surface area contributed by atoms with Crippen LogP contribution in [0.1, 0.15) is 19.8 Å². The molecule has 0 aromatic carbocycles. The van der Waals surface area contributed by atoms with Gasteiger partial charge in [-0.1, -0.05) is 0 Å². The Labute approximate surface area is 126 Å². The maximum absolute atomic E-state index is 12.0. The van der Waals surface area contributed by atoms with Crippen molar-refractivity contribution < 1.29 is 14.3 Å². The van der Waals surface area contributed by atoms with E-state index in [4.69, 9.17) is 4.74 Å². The van der Waals surface area contributed by atoms with Gasteiger partial charge in [-0.15, -0.1) is 12.4 Å². The fourth-order valence-corrected chi connectivity index (χ4v) is 2.48. The molecule has 0 aromatic rings. The third-order valence-corrected chi connectivity index (χ3v) is 3.91. The van der Waals surface area contributed by atoms with Gasteiger partial charge >= 0.3 is 0 Å². The second kappa shape index (κ2) is 7.81. The summed E-state index contributed by atoms with van der Waals surface area (Å²) in [5.74, 6) is 0.144. The van der Waals surface area contributed by atoms with Crippen LogP contribution in [0.15, 0.2) is 0 Å². The molecule has 0 aromatic heterocycles. The monoisotopic (exact) mass is 305 g/mol. The van der Waals surface area contributed by atoms with Gasteiger partial charge < -0.3 is 20.3 Å². The standard InChI is InChI=1S/C13H23N3O3.ClH/c1-13(3-5-14-10-13)12(18)15-4-2-11(17)16-6-8-19-9-7-16;/h14H,2-10H2,1H3,(H,15,18);1H. The Morgan fingerprint density at radius 1 is 1.35 bits per heavy atom. The number of hydrogen-bond donors (Lipinski definition) is 2. The van der Waals surface area contributed by atoms with Gasteiger partial charge in [0.15, 0.2) is 0 Å². The molecule has 1 unspecified atom stereocenters. The van der Waals surface area contributed by atoms with E-state index in [1.165, 1.54) is 0 Å². The van der Waals surface area contributed by atoms with Crippen molar-refractivity contribution in [2.24, 2.45) is 5.41 Å². The van der Waals surface area contributed by atoms with Gasteiger partial charge in [-0.25, -0.2) is 0 Å². The van der Waals surface area contributed by atoms with E-state index in [-0.39, 0.29) is 29.6 Å². The molecule has 2 heterocycles. The molecule has 7 heteroatoms. The van der Waals surface area contributed by atoms with E-state index in [1.807, 2.05) is 6.92 Å². The fraction of sp³-hybridized carbons (Fsp3) is 0.846. The first-order valence-electron chi connectivity index (χ1n) is 6.96. The van der Waals surface area contributed by atoms with E-state index >= 15 is 0 Å². The Hall–Kier alpha value is -0.850. The third-order valence-electron chi connectivity index (χ3n) is 3.91. The largest absolute Gasteiger partial charge is 0.378 e. The van der Waals surface area contributed by atoms with Crippen LogP contribution in [-0.4, -0.2) is 62.7 Å². The van der Waals surface area contributed by atoms with Crippen molar-refractivity contribution in [3.63, 3.8) is 0 Å². The number of ether oxygens (including phenoxy) is 1. The first-order valence-corrected chi connectivity index (χ1v) is 6.96. The molecular formula is C13H24ClN3O3. The van der Waals surface area contributed by atoms with E-state index < -0.39 is 0 Å². The van der Waals surface area contributed by atoms with Gasteiger partial charge in [0.1, 0.15) is 0 Å². The van der Waals surface area contributed by atoms with Crippen molar-refractivity contribution in [2.45, 2.75) is 19.8 Å². The number of carbonyl (C=O) groups is 2. The highest BCUT2D eigenvalue weighted by molar-refractivity contribution is 5.85. The summed E-state index contributed by atoms with van der Waals surface area (Å²) < 4.78 is 5.20. The zero-order valence-electron chi connectivity index (χ0n) is 11.9. The van der Waals surface area contributed by atoms with E-state index in [1.54, 1.807) is 4.90 Å². The molecule has 2 saturated heterocycles. The molecule has 1 atom stereocenters. The minimum absolute atomic E-state index is 0. The molecule has 116 valence electrons. The lowest BCUT2D eigenvalue weighted by atomic mass is 9.89. The Balaban J connectivity index is 0.00000200. The van der Waals surface area contributed by atoms with Crippen molar-refractivity contribution in [3.8, 4) is 0 Å². The molecule has 2 N–H and O–H groups in total. The lowest BCUT2D eigenvalue weighted by molar-refractivity contribution is -0.135. The maximum atomic E-state index is 12.0. The zero-order valence-corrected chi connectivity index (χ0v) is 12.8. The van der Waals surface area contributed by atoms with Crippen LogP contribution < -0.4 is 10.6 Å². The molecule has 0 spiro atoms. The molecule has 2 fully saturated rings. The molecule has 0 bridgehead atoms. The van der Waals surface area contributed by atoms with Crippen LogP contribution in [0.3, 0.4) is 0 Å². The van der Waals surface area contributed by atoms with E-state index in [0.29, 0.717) is 39.3 Å². The van der Waals surface area contributed by atoms with E-state index in [0.717, 1.165) is 19.5 Å². The average molecular weight is 306 g/mol. The predicted molar refractivity (Wildman–Crippen MR) is 77.9 cm³/mol. The molecule has 0 saturated carbocycles. The summed E-state index contributed by atoms with van der Waals surface area (Å²) in [6.07, 6.45) is 1.23. The Kier molecular flexibility index (Phi) is 6.71. The number of nitrogens with zero attached hydrogens (tertiary/aromatic N) is 1. The smallest absolute Gasteiger partial charge is 0.227 e. The quantitative estimate of drug-likeness (QED) is 0.753. The number of nitrogens with one attached hydrogen (secondary N) is 2. The summed E-state index contributed by atoms with van der Waals surface area (Å²) in [7, 11) is 0. The summed E-state index contributed by atoms with van der Waals surface area (Å²) in [5.41, 5.74) is -0.317. The molecule has 0 aliphatic carbocycles. The first-order chi connectivity index (χ1) is 9.12. The van der Waals surface area contributed by atoms with Crippen LogP contribution in [0, 0.1) is 5.41 Å². The van der Waals surface area contributed by atoms with Crippen molar-refractivity contribution >= 4 is 24.2 Å². The molecule has 20 heavy (non-hydrogen) atoms. The van der Waals surface area contributed by atoms with Gasteiger partial charge in [0.2, 0.25) is 11.8 Å². The average Bonchev–Trinajstić information content (AvgIpc) is 2.88. The van der Waals surface area contributed by atoms with Crippen LogP contribution in [0.5, 0.6) is 0 Å². The number of amides is 2. The van der Waals surface area contributed by atoms with Crippen molar-refractivity contribution in [1.29, 1.82) is 0 Å². The van der Waals surface area contributed by atoms with Crippen molar-refractivity contribution in [1.82, 2.24) is 15.5 Å². The molecule has 2 aliphatic rings. The Morgan fingerprint density at radius 3 is 2.65 bits per heavy atom. The Morgan fingerprint density at radius 2 is 2.05 bits per heavy atom. The Bertz CT molecular complexity index is 340. The van der Waals surface area contributed by atoms with Gasteiger partial charge in [-0.05, 0) is 19.9 Å². The highest BCUT2D eigenvalue weighted by atomic mass is 35.5. The van der Waals surface area contributed by atoms with Gasteiger partial charge in [-0.3, -0.25) is 9.59 Å². The molecule has 2 amide bonds. The van der Waals surface area contributed by atoms with Crippen LogP contribution >= 0.6 is 12.4 Å². The second-order valence-electron chi connectivity index (χ2n) is 5.49. The van der Waals surface area contributed by atoms with Gasteiger partial charge in [0.25, 0.3) is 0 Å². The first kappa shape index (κ1) is 17.2. The van der Waals surface area contributed by atoms with Crippen LogP contribution in [0.25, 0.3) is 0 Å². The van der Waals surface area contributed by atoms with E-state index in [2.05, 4.69) is 10.6 Å². The molecule has 6 nitrogen and oxygen atoms in total. The number of morpholine rings is 1. The summed E-state index contributed by atoms with van der Waals surface area (Å²) >= 11 is 0. The van der Waals surface area contributed by atoms with Crippen LogP contribution in [0.2, 0.25) is 0 Å². The SMILES string of the molecule is CC1(C(=O)NCCC(=O)N2CCOCC2)CCNC1.Cl. The summed E-state index contributed by atoms with van der Waals surface area (Å²) in [4.78, 5) is 25.7. The topological polar surface area (TPSA) is 70.7 Å². The second-order valence-corrected chi connectivity index (χ2v) is 5.49. The zero-order chi connectivity index (χ0) is 13.7. The number of halogens is 1. The summed E-state index contributed by atoms with van der Waals surface area (Å²) in [6, 6.07) is 0. The lowest BCUT2D eigenvalue weighted by Gasteiger charge is -2.27. The van der Waals surface area contributed by atoms with Gasteiger partial charge in [0, 0.05) is 32.6 Å². The molecule has 2 rings (SSSR count). The molecule has 2 aliphatic heterocycles. The normalized spacial score (nSPS) is 25.9. The number of carbonyl (C=O) groups excluding carboxylic acids is 2.